The van der Waals surface area contributed by atoms with Crippen molar-refractivity contribution in [3.8, 4) is 0 Å². The van der Waals surface area contributed by atoms with Crippen LogP contribution in [0.25, 0.3) is 0 Å². The molecule has 0 spiro atoms. The molecule has 1 aromatic carbocycles. The number of likely N-dealkylation sites (N-methyl/N-ethyl adjacent to an activating group) is 1. The first-order valence-electron chi connectivity index (χ1n) is 7.58. The number of carbonyl (C=O) groups excluding carboxylic acids is 1. The van der Waals surface area contributed by atoms with Gasteiger partial charge in [-0.2, -0.15) is 0 Å². The van der Waals surface area contributed by atoms with E-state index >= 15 is 0 Å². The van der Waals surface area contributed by atoms with Gasteiger partial charge in [0.1, 0.15) is 5.82 Å². The van der Waals surface area contributed by atoms with Crippen molar-refractivity contribution in [3.05, 3.63) is 52.6 Å². The molecule has 1 fully saturated rings. The fourth-order valence-electron chi connectivity index (χ4n) is 2.50. The minimum Gasteiger partial charge on any atom is -0.354 e. The highest BCUT2D eigenvalue weighted by molar-refractivity contribution is 9.10. The second-order valence-electron chi connectivity index (χ2n) is 5.65. The first-order valence-corrected chi connectivity index (χ1v) is 8.37. The van der Waals surface area contributed by atoms with Gasteiger partial charge in [-0.25, -0.2) is 4.98 Å². The van der Waals surface area contributed by atoms with Crippen LogP contribution in [-0.4, -0.2) is 49.0 Å². The molecule has 1 saturated heterocycles. The predicted molar refractivity (Wildman–Crippen MR) is 96.0 cm³/mol. The summed E-state index contributed by atoms with van der Waals surface area (Å²) < 4.78 is 0.983. The number of piperazine rings is 1. The Morgan fingerprint density at radius 3 is 2.52 bits per heavy atom. The molecule has 1 aliphatic heterocycles. The molecule has 5 nitrogen and oxygen atoms in total. The second-order valence-corrected chi connectivity index (χ2v) is 6.57. The Kier molecular flexibility index (Phi) is 4.93. The Balaban J connectivity index is 1.71. The van der Waals surface area contributed by atoms with E-state index in [1.165, 1.54) is 0 Å². The highest BCUT2D eigenvalue weighted by atomic mass is 79.9. The Bertz CT molecular complexity index is 681. The molecule has 0 bridgehead atoms. The van der Waals surface area contributed by atoms with E-state index in [1.54, 1.807) is 12.3 Å². The Hall–Kier alpha value is -1.92. The summed E-state index contributed by atoms with van der Waals surface area (Å²) in [6.07, 6.45) is 1.70. The van der Waals surface area contributed by atoms with Crippen molar-refractivity contribution in [2.45, 2.75) is 0 Å². The van der Waals surface area contributed by atoms with Crippen LogP contribution in [0, 0.1) is 0 Å². The summed E-state index contributed by atoms with van der Waals surface area (Å²) >= 11 is 3.38. The molecule has 6 heteroatoms. The molecule has 0 saturated carbocycles. The lowest BCUT2D eigenvalue weighted by Crippen LogP contribution is -2.44. The van der Waals surface area contributed by atoms with Crippen LogP contribution in [0.15, 0.2) is 47.1 Å². The van der Waals surface area contributed by atoms with Crippen LogP contribution in [0.2, 0.25) is 0 Å². The van der Waals surface area contributed by atoms with Crippen LogP contribution in [0.3, 0.4) is 0 Å². The zero-order chi connectivity index (χ0) is 16.2. The topological polar surface area (TPSA) is 48.5 Å². The highest BCUT2D eigenvalue weighted by Gasteiger charge is 2.16. The van der Waals surface area contributed by atoms with Gasteiger partial charge in [0.15, 0.2) is 0 Å². The molecule has 2 heterocycles. The smallest absolute Gasteiger partial charge is 0.255 e. The minimum absolute atomic E-state index is 0.120. The largest absolute Gasteiger partial charge is 0.354 e. The fraction of sp³-hybridized carbons (Fsp3) is 0.294. The molecular weight excluding hydrogens is 356 g/mol. The van der Waals surface area contributed by atoms with Crippen molar-refractivity contribution in [2.75, 3.05) is 43.4 Å². The molecule has 1 N–H and O–H groups in total. The van der Waals surface area contributed by atoms with Crippen molar-refractivity contribution in [1.82, 2.24) is 9.88 Å². The normalized spacial score (nSPS) is 15.5. The van der Waals surface area contributed by atoms with Crippen LogP contribution in [-0.2, 0) is 0 Å². The zero-order valence-electron chi connectivity index (χ0n) is 13.0. The summed E-state index contributed by atoms with van der Waals surface area (Å²) in [5.41, 5.74) is 1.40. The monoisotopic (exact) mass is 374 g/mol. The van der Waals surface area contributed by atoms with E-state index in [0.717, 1.165) is 42.2 Å². The van der Waals surface area contributed by atoms with Gasteiger partial charge < -0.3 is 15.1 Å². The molecule has 2 aromatic rings. The molecule has 3 rings (SSSR count). The molecule has 0 radical (unpaired) electrons. The van der Waals surface area contributed by atoms with Gasteiger partial charge in [0.25, 0.3) is 5.91 Å². The van der Waals surface area contributed by atoms with Crippen molar-refractivity contribution < 1.29 is 4.79 Å². The van der Waals surface area contributed by atoms with E-state index in [4.69, 9.17) is 0 Å². The van der Waals surface area contributed by atoms with Gasteiger partial charge in [0, 0.05) is 48.1 Å². The van der Waals surface area contributed by atoms with E-state index in [0.29, 0.717) is 5.56 Å². The maximum Gasteiger partial charge on any atom is 0.255 e. The van der Waals surface area contributed by atoms with Crippen LogP contribution in [0.1, 0.15) is 10.4 Å². The van der Waals surface area contributed by atoms with Gasteiger partial charge in [-0.15, -0.1) is 0 Å². The number of pyridine rings is 1. The van der Waals surface area contributed by atoms with Gasteiger partial charge in [-0.05, 0) is 43.4 Å². The Labute approximate surface area is 144 Å². The van der Waals surface area contributed by atoms with Crippen LogP contribution in [0.4, 0.5) is 11.5 Å². The lowest BCUT2D eigenvalue weighted by atomic mass is 10.2. The molecule has 1 aromatic heterocycles. The number of amides is 1. The van der Waals surface area contributed by atoms with Crippen LogP contribution in [0.5, 0.6) is 0 Å². The van der Waals surface area contributed by atoms with Crippen molar-refractivity contribution in [1.29, 1.82) is 0 Å². The van der Waals surface area contributed by atoms with E-state index < -0.39 is 0 Å². The van der Waals surface area contributed by atoms with E-state index in [2.05, 4.69) is 43.1 Å². The fourth-order valence-corrected chi connectivity index (χ4v) is 2.77. The number of carbonyl (C=O) groups is 1. The molecule has 120 valence electrons. The number of rotatable bonds is 3. The number of aromatic nitrogens is 1. The SMILES string of the molecule is CN1CCN(c2cc(C(=O)Nc3ccc(Br)cc3)ccn2)CC1. The zero-order valence-corrected chi connectivity index (χ0v) is 14.6. The molecule has 1 amide bonds. The molecular formula is C17H19BrN4O. The highest BCUT2D eigenvalue weighted by Crippen LogP contribution is 2.18. The lowest BCUT2D eigenvalue weighted by molar-refractivity contribution is 0.102. The summed E-state index contributed by atoms with van der Waals surface area (Å²) in [6, 6.07) is 11.1. The number of halogens is 1. The second kappa shape index (κ2) is 7.10. The van der Waals surface area contributed by atoms with Gasteiger partial charge in [0.2, 0.25) is 0 Å². The first kappa shape index (κ1) is 16.0. The van der Waals surface area contributed by atoms with Gasteiger partial charge in [-0.3, -0.25) is 4.79 Å². The third-order valence-corrected chi connectivity index (χ3v) is 4.47. The van der Waals surface area contributed by atoms with E-state index in [1.807, 2.05) is 30.3 Å². The summed E-state index contributed by atoms with van der Waals surface area (Å²) in [4.78, 5) is 21.3. The first-order chi connectivity index (χ1) is 11.1. The maximum absolute atomic E-state index is 12.4. The van der Waals surface area contributed by atoms with Crippen molar-refractivity contribution in [2.24, 2.45) is 0 Å². The summed E-state index contributed by atoms with van der Waals surface area (Å²) in [5.74, 6) is 0.742. The third-order valence-electron chi connectivity index (χ3n) is 3.94. The molecule has 0 unspecified atom stereocenters. The van der Waals surface area contributed by atoms with E-state index in [9.17, 15) is 4.79 Å². The number of nitrogens with one attached hydrogen (secondary N) is 1. The number of hydrogen-bond donors (Lipinski definition) is 1. The van der Waals surface area contributed by atoms with Gasteiger partial charge in [-0.1, -0.05) is 15.9 Å². The van der Waals surface area contributed by atoms with E-state index in [-0.39, 0.29) is 5.91 Å². The Morgan fingerprint density at radius 1 is 1.13 bits per heavy atom. The lowest BCUT2D eigenvalue weighted by Gasteiger charge is -2.33. The standard InChI is InChI=1S/C17H19BrN4O/c1-21-8-10-22(11-9-21)16-12-13(6-7-19-16)17(23)20-15-4-2-14(18)3-5-15/h2-7,12H,8-11H2,1H3,(H,20,23). The molecule has 0 aliphatic carbocycles. The molecule has 1 aliphatic rings. The summed E-state index contributed by atoms with van der Waals surface area (Å²) in [5, 5.41) is 2.91. The number of benzene rings is 1. The third kappa shape index (κ3) is 4.09. The molecule has 23 heavy (non-hydrogen) atoms. The van der Waals surface area contributed by atoms with Gasteiger partial charge >= 0.3 is 0 Å². The summed E-state index contributed by atoms with van der Waals surface area (Å²) in [7, 11) is 2.12. The summed E-state index contributed by atoms with van der Waals surface area (Å²) in [6.45, 7) is 3.89. The van der Waals surface area contributed by atoms with Crippen molar-refractivity contribution in [3.63, 3.8) is 0 Å². The molecule has 0 atom stereocenters. The van der Waals surface area contributed by atoms with Crippen LogP contribution < -0.4 is 10.2 Å². The Morgan fingerprint density at radius 2 is 1.83 bits per heavy atom. The average molecular weight is 375 g/mol. The van der Waals surface area contributed by atoms with Gasteiger partial charge in [0.05, 0.1) is 0 Å². The quantitative estimate of drug-likeness (QED) is 0.897. The number of nitrogens with zero attached hydrogens (tertiary/aromatic N) is 3. The maximum atomic E-state index is 12.4. The average Bonchev–Trinajstić information content (AvgIpc) is 2.58. The number of anilines is 2. The van der Waals surface area contributed by atoms with Crippen molar-refractivity contribution >= 4 is 33.3 Å². The predicted octanol–water partition coefficient (Wildman–Crippen LogP) is 2.85. The number of hydrogen-bond acceptors (Lipinski definition) is 4. The van der Waals surface area contributed by atoms with Crippen LogP contribution >= 0.6 is 15.9 Å². The minimum atomic E-state index is -0.120.